The van der Waals surface area contributed by atoms with Gasteiger partial charge in [-0.1, -0.05) is 42.5 Å². The zero-order valence-electron chi connectivity index (χ0n) is 15.4. The third-order valence-corrected chi connectivity index (χ3v) is 5.02. The fraction of sp³-hybridized carbons (Fsp3) is 0.350. The molecular weight excluding hydrogens is 350 g/mol. The molecule has 2 aromatic carbocycles. The Hall–Kier alpha value is -2.18. The van der Waals surface area contributed by atoms with Crippen molar-refractivity contribution in [2.24, 2.45) is 0 Å². The highest BCUT2D eigenvalue weighted by atomic mass is 32.2. The fourth-order valence-electron chi connectivity index (χ4n) is 2.37. The summed E-state index contributed by atoms with van der Waals surface area (Å²) in [4.78, 5) is 11.8. The van der Waals surface area contributed by atoms with Gasteiger partial charge in [0, 0.05) is 13.0 Å². The summed E-state index contributed by atoms with van der Waals surface area (Å²) in [5.74, 6) is -0.330. The Morgan fingerprint density at radius 2 is 1.54 bits per heavy atom. The summed E-state index contributed by atoms with van der Waals surface area (Å²) in [6.45, 7) is 5.58. The molecule has 1 N–H and O–H groups in total. The Morgan fingerprint density at radius 1 is 0.962 bits per heavy atom. The van der Waals surface area contributed by atoms with Crippen molar-refractivity contribution in [3.05, 3.63) is 54.6 Å². The van der Waals surface area contributed by atoms with E-state index in [1.165, 1.54) is 0 Å². The quantitative estimate of drug-likeness (QED) is 0.591. The van der Waals surface area contributed by atoms with Crippen LogP contribution >= 0.6 is 0 Å². The lowest BCUT2D eigenvalue weighted by Gasteiger charge is -2.19. The summed E-state index contributed by atoms with van der Waals surface area (Å²) in [7, 11) is -3.59. The maximum absolute atomic E-state index is 12.3. The van der Waals surface area contributed by atoms with Crippen molar-refractivity contribution in [3.63, 3.8) is 0 Å². The summed E-state index contributed by atoms with van der Waals surface area (Å²) in [6.07, 6.45) is 0.559. The van der Waals surface area contributed by atoms with Crippen LogP contribution in [0.3, 0.4) is 0 Å². The van der Waals surface area contributed by atoms with Crippen molar-refractivity contribution in [1.29, 1.82) is 0 Å². The molecule has 0 heterocycles. The van der Waals surface area contributed by atoms with E-state index in [9.17, 15) is 13.2 Å². The first-order valence-corrected chi connectivity index (χ1v) is 10.0. The number of carbonyl (C=O) groups excluding carboxylic acids is 1. The van der Waals surface area contributed by atoms with Gasteiger partial charge in [0.05, 0.1) is 4.90 Å². The van der Waals surface area contributed by atoms with Gasteiger partial charge in [0.2, 0.25) is 10.0 Å². The standard InChI is InChI=1S/C20H25NO4S/c1-20(2,3)25-19(22)10-7-15-21-26(23,24)18-13-11-17(12-14-18)16-8-5-4-6-9-16/h4-6,8-9,11-14,21H,7,10,15H2,1-3H3. The Kier molecular flexibility index (Phi) is 6.56. The minimum atomic E-state index is -3.59. The molecule has 0 radical (unpaired) electrons. The maximum atomic E-state index is 12.3. The molecule has 2 rings (SSSR count). The van der Waals surface area contributed by atoms with E-state index in [1.54, 1.807) is 45.0 Å². The molecule has 0 aromatic heterocycles. The predicted molar refractivity (Wildman–Crippen MR) is 102 cm³/mol. The molecule has 26 heavy (non-hydrogen) atoms. The lowest BCUT2D eigenvalue weighted by atomic mass is 10.1. The molecule has 2 aromatic rings. The topological polar surface area (TPSA) is 72.5 Å². The first-order chi connectivity index (χ1) is 12.2. The molecule has 0 bridgehead atoms. The normalized spacial score (nSPS) is 12.0. The third-order valence-electron chi connectivity index (χ3n) is 3.54. The number of benzene rings is 2. The second-order valence-corrected chi connectivity index (χ2v) is 8.75. The Labute approximate surface area is 155 Å². The third kappa shape index (κ3) is 6.28. The summed E-state index contributed by atoms with van der Waals surface area (Å²) < 4.78 is 32.4. The minimum Gasteiger partial charge on any atom is -0.460 e. The van der Waals surface area contributed by atoms with Gasteiger partial charge in [0.25, 0.3) is 0 Å². The summed E-state index contributed by atoms with van der Waals surface area (Å²) in [5.41, 5.74) is 1.45. The van der Waals surface area contributed by atoms with Gasteiger partial charge in [0.1, 0.15) is 5.60 Å². The van der Waals surface area contributed by atoms with E-state index in [1.807, 2.05) is 30.3 Å². The van der Waals surface area contributed by atoms with Crippen molar-refractivity contribution in [2.45, 2.75) is 44.1 Å². The average Bonchev–Trinajstić information content (AvgIpc) is 2.58. The summed E-state index contributed by atoms with van der Waals surface area (Å²) in [5, 5.41) is 0. The average molecular weight is 375 g/mol. The van der Waals surface area contributed by atoms with Crippen LogP contribution in [0, 0.1) is 0 Å². The number of hydrogen-bond acceptors (Lipinski definition) is 4. The number of rotatable bonds is 7. The van der Waals surface area contributed by atoms with Gasteiger partial charge in [-0.05, 0) is 50.5 Å². The second kappa shape index (κ2) is 8.47. The molecule has 140 valence electrons. The van der Waals surface area contributed by atoms with Gasteiger partial charge in [-0.3, -0.25) is 4.79 Å². The van der Waals surface area contributed by atoms with Crippen LogP contribution in [0.15, 0.2) is 59.5 Å². The van der Waals surface area contributed by atoms with Crippen LogP contribution < -0.4 is 4.72 Å². The van der Waals surface area contributed by atoms with Crippen molar-refractivity contribution in [2.75, 3.05) is 6.54 Å². The van der Waals surface area contributed by atoms with E-state index in [4.69, 9.17) is 4.74 Å². The van der Waals surface area contributed by atoms with E-state index in [0.29, 0.717) is 6.42 Å². The van der Waals surface area contributed by atoms with Crippen LogP contribution in [-0.4, -0.2) is 26.5 Å². The Bertz CT molecular complexity index is 822. The highest BCUT2D eigenvalue weighted by molar-refractivity contribution is 7.89. The molecule has 0 aliphatic carbocycles. The molecule has 0 aliphatic heterocycles. The number of hydrogen-bond donors (Lipinski definition) is 1. The number of sulfonamides is 1. The van der Waals surface area contributed by atoms with E-state index >= 15 is 0 Å². The first kappa shape index (κ1) is 20.1. The van der Waals surface area contributed by atoms with Crippen molar-refractivity contribution < 1.29 is 17.9 Å². The van der Waals surface area contributed by atoms with E-state index in [2.05, 4.69) is 4.72 Å². The van der Waals surface area contributed by atoms with Gasteiger partial charge in [-0.2, -0.15) is 0 Å². The molecule has 0 atom stereocenters. The number of ether oxygens (including phenoxy) is 1. The number of carbonyl (C=O) groups is 1. The van der Waals surface area contributed by atoms with Crippen molar-refractivity contribution >= 4 is 16.0 Å². The molecule has 0 saturated carbocycles. The fourth-order valence-corrected chi connectivity index (χ4v) is 3.45. The number of nitrogens with one attached hydrogen (secondary N) is 1. The van der Waals surface area contributed by atoms with Crippen LogP contribution in [0.4, 0.5) is 0 Å². The van der Waals surface area contributed by atoms with E-state index in [-0.39, 0.29) is 23.8 Å². The lowest BCUT2D eigenvalue weighted by Crippen LogP contribution is -2.27. The predicted octanol–water partition coefficient (Wildman–Crippen LogP) is 3.75. The van der Waals surface area contributed by atoms with Crippen LogP contribution in [0.25, 0.3) is 11.1 Å². The van der Waals surface area contributed by atoms with Gasteiger partial charge in [-0.15, -0.1) is 0 Å². The van der Waals surface area contributed by atoms with Crippen LogP contribution in [0.2, 0.25) is 0 Å². The molecule has 0 saturated heterocycles. The molecule has 0 unspecified atom stereocenters. The molecule has 0 spiro atoms. The zero-order valence-corrected chi connectivity index (χ0v) is 16.2. The van der Waals surface area contributed by atoms with Crippen molar-refractivity contribution in [1.82, 2.24) is 4.72 Å². The SMILES string of the molecule is CC(C)(C)OC(=O)CCCNS(=O)(=O)c1ccc(-c2ccccc2)cc1. The highest BCUT2D eigenvalue weighted by Crippen LogP contribution is 2.21. The highest BCUT2D eigenvalue weighted by Gasteiger charge is 2.17. The van der Waals surface area contributed by atoms with Gasteiger partial charge in [0.15, 0.2) is 0 Å². The summed E-state index contributed by atoms with van der Waals surface area (Å²) >= 11 is 0. The first-order valence-electron chi connectivity index (χ1n) is 8.54. The summed E-state index contributed by atoms with van der Waals surface area (Å²) in [6, 6.07) is 16.5. The number of esters is 1. The monoisotopic (exact) mass is 375 g/mol. The van der Waals surface area contributed by atoms with Gasteiger partial charge >= 0.3 is 5.97 Å². The van der Waals surface area contributed by atoms with Crippen molar-refractivity contribution in [3.8, 4) is 11.1 Å². The zero-order chi connectivity index (χ0) is 19.2. The van der Waals surface area contributed by atoms with Crippen LogP contribution in [0.5, 0.6) is 0 Å². The second-order valence-electron chi connectivity index (χ2n) is 6.98. The van der Waals surface area contributed by atoms with E-state index < -0.39 is 15.6 Å². The Balaban J connectivity index is 1.89. The minimum absolute atomic E-state index is 0.173. The molecule has 0 fully saturated rings. The van der Waals surface area contributed by atoms with Crippen LogP contribution in [0.1, 0.15) is 33.6 Å². The smallest absolute Gasteiger partial charge is 0.306 e. The van der Waals surface area contributed by atoms with Gasteiger partial charge in [-0.25, -0.2) is 13.1 Å². The molecule has 6 heteroatoms. The molecule has 0 aliphatic rings. The lowest BCUT2D eigenvalue weighted by molar-refractivity contribution is -0.154. The largest absolute Gasteiger partial charge is 0.460 e. The van der Waals surface area contributed by atoms with Gasteiger partial charge < -0.3 is 4.74 Å². The molecule has 5 nitrogen and oxygen atoms in total. The Morgan fingerprint density at radius 3 is 2.12 bits per heavy atom. The maximum Gasteiger partial charge on any atom is 0.306 e. The molecule has 0 amide bonds. The van der Waals surface area contributed by atoms with E-state index in [0.717, 1.165) is 11.1 Å². The van der Waals surface area contributed by atoms with Crippen LogP contribution in [-0.2, 0) is 19.6 Å². The molecular formula is C20H25NO4S.